The van der Waals surface area contributed by atoms with Crippen LogP contribution in [-0.4, -0.2) is 37.2 Å². The van der Waals surface area contributed by atoms with E-state index in [1.165, 1.54) is 238 Å². The Morgan fingerprint density at radius 3 is 0.744 bits per heavy atom. The van der Waals surface area contributed by atoms with Crippen LogP contribution in [0.5, 0.6) is 0 Å². The number of rotatable bonds is 66. The summed E-state index contributed by atoms with van der Waals surface area (Å²) >= 11 is 0. The zero-order valence-corrected chi connectivity index (χ0v) is 54.8. The zero-order valence-electron chi connectivity index (χ0n) is 54.8. The third-order valence-electron chi connectivity index (χ3n) is 15.9. The molecular weight excluding hydrogens is 1010 g/mol. The molecule has 6 nitrogen and oxygen atoms in total. The molecule has 0 bridgehead atoms. The second-order valence-corrected chi connectivity index (χ2v) is 24.1. The van der Waals surface area contributed by atoms with E-state index in [9.17, 15) is 14.4 Å². The van der Waals surface area contributed by atoms with Gasteiger partial charge in [0.15, 0.2) is 6.10 Å². The van der Waals surface area contributed by atoms with E-state index in [0.717, 1.165) is 96.3 Å². The van der Waals surface area contributed by atoms with Crippen molar-refractivity contribution >= 4 is 17.9 Å². The van der Waals surface area contributed by atoms with E-state index in [4.69, 9.17) is 14.2 Å². The van der Waals surface area contributed by atoms with E-state index in [-0.39, 0.29) is 31.1 Å². The largest absolute Gasteiger partial charge is 0.462 e. The van der Waals surface area contributed by atoms with Gasteiger partial charge in [0.05, 0.1) is 0 Å². The highest BCUT2D eigenvalue weighted by Crippen LogP contribution is 2.18. The molecule has 0 aliphatic rings. The zero-order chi connectivity index (χ0) is 59.2. The second kappa shape index (κ2) is 70.3. The van der Waals surface area contributed by atoms with E-state index in [0.29, 0.717) is 19.3 Å². The van der Waals surface area contributed by atoms with Crippen LogP contribution in [0.1, 0.15) is 374 Å². The van der Waals surface area contributed by atoms with Gasteiger partial charge < -0.3 is 14.2 Å². The van der Waals surface area contributed by atoms with Crippen LogP contribution in [0.4, 0.5) is 0 Å². The van der Waals surface area contributed by atoms with E-state index < -0.39 is 6.10 Å². The first-order valence-electron chi connectivity index (χ1n) is 35.9. The van der Waals surface area contributed by atoms with Crippen LogP contribution in [0.25, 0.3) is 0 Å². The summed E-state index contributed by atoms with van der Waals surface area (Å²) in [6.07, 6.45) is 92.5. The van der Waals surface area contributed by atoms with Crippen LogP contribution in [0, 0.1) is 0 Å². The molecule has 0 N–H and O–H groups in total. The molecule has 0 aliphatic heterocycles. The second-order valence-electron chi connectivity index (χ2n) is 24.1. The first-order chi connectivity index (χ1) is 40.5. The number of esters is 3. The predicted octanol–water partition coefficient (Wildman–Crippen LogP) is 24.8. The molecule has 476 valence electrons. The lowest BCUT2D eigenvalue weighted by atomic mass is 10.0. The number of carbonyl (C=O) groups is 3. The summed E-state index contributed by atoms with van der Waals surface area (Å²) in [6, 6.07) is 0. The molecule has 0 aromatic rings. The van der Waals surface area contributed by atoms with Crippen LogP contribution in [0.15, 0.2) is 72.9 Å². The molecule has 1 atom stereocenters. The highest BCUT2D eigenvalue weighted by Gasteiger charge is 2.19. The number of hydrogen-bond acceptors (Lipinski definition) is 6. The van der Waals surface area contributed by atoms with Crippen molar-refractivity contribution in [2.75, 3.05) is 13.2 Å². The Hall–Kier alpha value is -3.15. The van der Waals surface area contributed by atoms with Gasteiger partial charge in [-0.1, -0.05) is 338 Å². The van der Waals surface area contributed by atoms with Crippen LogP contribution in [0.2, 0.25) is 0 Å². The lowest BCUT2D eigenvalue weighted by Gasteiger charge is -2.18. The van der Waals surface area contributed by atoms with Crippen LogP contribution in [-0.2, 0) is 28.6 Å². The van der Waals surface area contributed by atoms with E-state index in [2.05, 4.69) is 93.7 Å². The van der Waals surface area contributed by atoms with Crippen molar-refractivity contribution in [1.82, 2.24) is 0 Å². The SMILES string of the molecule is CC/C=C\C/C=C\C/C=C\C/C=C\CCCCCCCCCCC(=O)OC(COC(=O)CCCCCCCCCC)COC(=O)CCCCCCCCCCCCCCCCCCCCCCCCC/C=C\C/C=C\CCCCCCC. The van der Waals surface area contributed by atoms with Gasteiger partial charge in [-0.15, -0.1) is 0 Å². The average molecular weight is 1150 g/mol. The Labute approximate surface area is 510 Å². The summed E-state index contributed by atoms with van der Waals surface area (Å²) in [5.74, 6) is -0.867. The molecule has 0 aromatic carbocycles. The monoisotopic (exact) mass is 1150 g/mol. The van der Waals surface area contributed by atoms with Crippen molar-refractivity contribution in [2.45, 2.75) is 380 Å². The van der Waals surface area contributed by atoms with E-state index in [1.807, 2.05) is 0 Å². The molecule has 0 spiro atoms. The van der Waals surface area contributed by atoms with Gasteiger partial charge in [0.25, 0.3) is 0 Å². The predicted molar refractivity (Wildman–Crippen MR) is 358 cm³/mol. The maximum atomic E-state index is 12.9. The molecule has 0 saturated carbocycles. The molecule has 0 saturated heterocycles. The Kier molecular flexibility index (Phi) is 67.6. The standard InChI is InChI=1S/C76H136O6/c1-4-7-10-13-16-19-21-23-25-27-29-31-32-33-34-35-36-37-38-39-40-41-42-43-44-46-47-49-51-53-55-57-60-63-66-69-75(78)81-72-73(71-80-74(77)68-65-62-59-18-15-12-9-6-3)82-76(79)70-67-64-61-58-56-54-52-50-48-45-30-28-26-24-22-20-17-14-11-8-5-2/h8,11,17,20-21,23-24,26-27,29-30,45,73H,4-7,9-10,12-16,18-19,22,25,28,31-44,46-72H2,1-3H3/b11-8-,20-17-,23-21-,26-24-,29-27-,45-30-. The summed E-state index contributed by atoms with van der Waals surface area (Å²) in [7, 11) is 0. The van der Waals surface area contributed by atoms with Gasteiger partial charge in [-0.05, 0) is 89.9 Å². The van der Waals surface area contributed by atoms with Gasteiger partial charge in [-0.25, -0.2) is 0 Å². The highest BCUT2D eigenvalue weighted by molar-refractivity contribution is 5.71. The topological polar surface area (TPSA) is 78.9 Å². The van der Waals surface area contributed by atoms with Gasteiger partial charge in [0, 0.05) is 19.3 Å². The fourth-order valence-corrected chi connectivity index (χ4v) is 10.6. The Morgan fingerprint density at radius 2 is 0.476 bits per heavy atom. The lowest BCUT2D eigenvalue weighted by molar-refractivity contribution is -0.167. The molecule has 0 aromatic heterocycles. The fraction of sp³-hybridized carbons (Fsp3) is 0.803. The minimum Gasteiger partial charge on any atom is -0.462 e. The molecule has 82 heavy (non-hydrogen) atoms. The molecule has 1 unspecified atom stereocenters. The van der Waals surface area contributed by atoms with E-state index >= 15 is 0 Å². The number of ether oxygens (including phenoxy) is 3. The van der Waals surface area contributed by atoms with Crippen LogP contribution in [0.3, 0.4) is 0 Å². The number of unbranched alkanes of at least 4 members (excludes halogenated alkanes) is 43. The van der Waals surface area contributed by atoms with Crippen molar-refractivity contribution in [2.24, 2.45) is 0 Å². The summed E-state index contributed by atoms with van der Waals surface area (Å²) in [5.41, 5.74) is 0. The minimum absolute atomic E-state index is 0.0739. The molecule has 0 fully saturated rings. The smallest absolute Gasteiger partial charge is 0.306 e. The maximum Gasteiger partial charge on any atom is 0.306 e. The lowest BCUT2D eigenvalue weighted by Crippen LogP contribution is -2.30. The van der Waals surface area contributed by atoms with Gasteiger partial charge in [-0.3, -0.25) is 14.4 Å². The number of carbonyl (C=O) groups excluding carboxylic acids is 3. The number of allylic oxidation sites excluding steroid dienone is 12. The van der Waals surface area contributed by atoms with Gasteiger partial charge >= 0.3 is 17.9 Å². The molecular formula is C76H136O6. The Morgan fingerprint density at radius 1 is 0.256 bits per heavy atom. The molecule has 0 rings (SSSR count). The molecule has 0 amide bonds. The Bertz CT molecular complexity index is 1500. The fourth-order valence-electron chi connectivity index (χ4n) is 10.6. The van der Waals surface area contributed by atoms with Gasteiger partial charge in [-0.2, -0.15) is 0 Å². The third-order valence-corrected chi connectivity index (χ3v) is 15.9. The summed E-state index contributed by atoms with van der Waals surface area (Å²) in [5, 5.41) is 0. The number of hydrogen-bond donors (Lipinski definition) is 0. The minimum atomic E-state index is -0.776. The van der Waals surface area contributed by atoms with Crippen molar-refractivity contribution < 1.29 is 28.6 Å². The first kappa shape index (κ1) is 78.8. The van der Waals surface area contributed by atoms with Crippen molar-refractivity contribution in [3.05, 3.63) is 72.9 Å². The quantitative estimate of drug-likeness (QED) is 0.0261. The van der Waals surface area contributed by atoms with E-state index in [1.54, 1.807) is 0 Å². The third kappa shape index (κ3) is 67.6. The maximum absolute atomic E-state index is 12.9. The molecule has 0 heterocycles. The van der Waals surface area contributed by atoms with Crippen LogP contribution >= 0.6 is 0 Å². The van der Waals surface area contributed by atoms with Crippen molar-refractivity contribution in [3.8, 4) is 0 Å². The first-order valence-corrected chi connectivity index (χ1v) is 35.9. The summed E-state index contributed by atoms with van der Waals surface area (Å²) in [4.78, 5) is 38.2. The molecule has 0 radical (unpaired) electrons. The Balaban J connectivity index is 4.01. The van der Waals surface area contributed by atoms with Crippen LogP contribution < -0.4 is 0 Å². The molecule has 6 heteroatoms. The summed E-state index contributed by atoms with van der Waals surface area (Å²) < 4.78 is 16.9. The average Bonchev–Trinajstić information content (AvgIpc) is 3.48. The summed E-state index contributed by atoms with van der Waals surface area (Å²) in [6.45, 7) is 6.53. The normalized spacial score (nSPS) is 12.5. The van der Waals surface area contributed by atoms with Gasteiger partial charge in [0.1, 0.15) is 13.2 Å². The van der Waals surface area contributed by atoms with Crippen molar-refractivity contribution in [1.29, 1.82) is 0 Å². The highest BCUT2D eigenvalue weighted by atomic mass is 16.6. The van der Waals surface area contributed by atoms with Gasteiger partial charge in [0.2, 0.25) is 0 Å². The van der Waals surface area contributed by atoms with Crippen molar-refractivity contribution in [3.63, 3.8) is 0 Å². The molecule has 0 aliphatic carbocycles.